The summed E-state index contributed by atoms with van der Waals surface area (Å²) in [7, 11) is -10.8. The maximum absolute atomic E-state index is 8.55. The molecule has 8 nitrogen and oxygen atoms in total. The Morgan fingerprint density at radius 2 is 0.692 bits per heavy atom. The maximum atomic E-state index is 8.55. The molecule has 0 aliphatic rings. The molecule has 0 atom stereocenters. The molecule has 0 aromatic rings. The molecule has 0 bridgehead atoms. The third kappa shape index (κ3) is 413. The van der Waals surface area contributed by atoms with E-state index >= 15 is 0 Å². The second-order valence-corrected chi connectivity index (χ2v) is 2.68. The fraction of sp³-hybridized carbons (Fsp3) is 0. The van der Waals surface area contributed by atoms with Gasteiger partial charge >= 0.3 is 63.8 Å². The predicted octanol–water partition coefficient (Wildman–Crippen LogP) is -5.66. The van der Waals surface area contributed by atoms with Crippen molar-refractivity contribution in [3.05, 3.63) is 0 Å². The van der Waals surface area contributed by atoms with Crippen molar-refractivity contribution in [2.45, 2.75) is 0 Å². The van der Waals surface area contributed by atoms with Crippen LogP contribution in [0.1, 0.15) is 0 Å². The third-order valence-corrected chi connectivity index (χ3v) is 0. The summed E-state index contributed by atoms with van der Waals surface area (Å²) in [5.41, 5.74) is 0. The van der Waals surface area contributed by atoms with Crippen molar-refractivity contribution in [1.29, 1.82) is 0 Å². The average Bonchev–Trinajstić information content (AvgIpc) is 1.12. The number of hydrogen-bond acceptors (Lipinski definition) is 8. The van der Waals surface area contributed by atoms with Gasteiger partial charge in [0.15, 0.2) is 0 Å². The summed E-state index contributed by atoms with van der Waals surface area (Å²) in [4.78, 5) is 51.3. The number of rotatable bonds is 0. The summed E-state index contributed by atoms with van der Waals surface area (Å²) < 4.78 is 17.1. The predicted molar refractivity (Wildman–Crippen MR) is 15.2 cm³/mol. The first-order valence-corrected chi connectivity index (χ1v) is 4.38. The van der Waals surface area contributed by atoms with Gasteiger partial charge in [0.1, 0.15) is 0 Å². The topological polar surface area (TPSA) is 172 Å². The number of hydrogen-bond donors (Lipinski definition) is 0. The minimum absolute atomic E-state index is 0. The van der Waals surface area contributed by atoms with Gasteiger partial charge in [0.05, 0.1) is 0 Å². The molecule has 1 radical (unpaired) electrons. The molecule has 0 unspecified atom stereocenters. The van der Waals surface area contributed by atoms with Crippen molar-refractivity contribution in [1.82, 2.24) is 0 Å². The quantitative estimate of drug-likeness (QED) is 0.270. The minimum Gasteiger partial charge on any atom is -0.822 e. The largest absolute Gasteiger partial charge is 2.00 e. The summed E-state index contributed by atoms with van der Waals surface area (Å²) >= 11 is 0. The molecule has 0 aromatic carbocycles. The van der Waals surface area contributed by atoms with Gasteiger partial charge in [-0.1, -0.05) is 0 Å². The molecular weight excluding hydrogens is 431 g/mol. The second-order valence-electron chi connectivity index (χ2n) is 0.894. The van der Waals surface area contributed by atoms with Crippen LogP contribution in [0.25, 0.3) is 0 Å². The summed E-state index contributed by atoms with van der Waals surface area (Å²) in [6, 6.07) is 0. The third-order valence-electron chi connectivity index (χ3n) is 0. The van der Waals surface area contributed by atoms with Crippen molar-refractivity contribution in [2.24, 2.45) is 0 Å². The van der Waals surface area contributed by atoms with Crippen molar-refractivity contribution < 1.29 is 102 Å². The smallest absolute Gasteiger partial charge is 0.822 e. The SMILES string of the molecule is O=P([O-])([O-])[O-].O=P([O-])([O-])[O-].[Cd+2].[Cu+2].[Zn+2]. The Bertz CT molecular complexity index is 134. The Kier molecular flexibility index (Phi) is 28.0. The Labute approximate surface area is 117 Å². The Morgan fingerprint density at radius 3 is 0.692 bits per heavy atom. The molecule has 0 heterocycles. The summed E-state index contributed by atoms with van der Waals surface area (Å²) in [5, 5.41) is 0. The molecule has 13 heteroatoms. The van der Waals surface area contributed by atoms with E-state index in [1.165, 1.54) is 0 Å². The first-order chi connectivity index (χ1) is 4.00. The number of phosphoric acid groups is 2. The van der Waals surface area contributed by atoms with E-state index in [4.69, 9.17) is 38.5 Å². The zero-order chi connectivity index (χ0) is 9.00. The Hall–Kier alpha value is 2.28. The molecule has 0 aliphatic heterocycles. The van der Waals surface area contributed by atoms with E-state index in [2.05, 4.69) is 0 Å². The molecular formula is CdCuO8P2Zn. The van der Waals surface area contributed by atoms with Crippen LogP contribution < -0.4 is 29.4 Å². The standard InChI is InChI=1S/Cd.Cu.2H3O4P.Zn/c;;2*1-5(2,3)4;/h;;2*(H3,1,2,3,4);/q2*+2;;;+2/p-6. The van der Waals surface area contributed by atoms with Gasteiger partial charge in [-0.15, -0.1) is 0 Å². The summed E-state index contributed by atoms with van der Waals surface area (Å²) in [6.45, 7) is 0. The van der Waals surface area contributed by atoms with E-state index in [9.17, 15) is 0 Å². The van der Waals surface area contributed by atoms with E-state index in [1.54, 1.807) is 0 Å². The van der Waals surface area contributed by atoms with Crippen LogP contribution in [-0.4, -0.2) is 0 Å². The van der Waals surface area contributed by atoms with Gasteiger partial charge in [-0.2, -0.15) is 15.6 Å². The van der Waals surface area contributed by atoms with Gasteiger partial charge in [0.2, 0.25) is 0 Å². The van der Waals surface area contributed by atoms with Crippen LogP contribution in [0.5, 0.6) is 0 Å². The molecule has 73 valence electrons. The molecule has 0 amide bonds. The van der Waals surface area contributed by atoms with Crippen LogP contribution in [-0.2, 0) is 73.0 Å². The normalized spacial score (nSPS) is 9.08. The van der Waals surface area contributed by atoms with E-state index in [0.29, 0.717) is 0 Å². The monoisotopic (exact) mass is 431 g/mol. The molecule has 0 saturated carbocycles. The molecule has 0 N–H and O–H groups in total. The molecule has 0 fully saturated rings. The minimum atomic E-state index is -5.39. The van der Waals surface area contributed by atoms with Crippen molar-refractivity contribution >= 4 is 15.6 Å². The van der Waals surface area contributed by atoms with Crippen LogP contribution in [0.3, 0.4) is 0 Å². The molecule has 0 spiro atoms. The van der Waals surface area contributed by atoms with Crippen LogP contribution >= 0.6 is 15.6 Å². The molecule has 0 rings (SSSR count). The fourth-order valence-electron chi connectivity index (χ4n) is 0. The molecule has 13 heavy (non-hydrogen) atoms. The second kappa shape index (κ2) is 12.4. The molecule has 0 saturated heterocycles. The van der Waals surface area contributed by atoms with E-state index in [1.807, 2.05) is 0 Å². The summed E-state index contributed by atoms with van der Waals surface area (Å²) in [5.74, 6) is 0. The van der Waals surface area contributed by atoms with Gasteiger partial charge < -0.3 is 38.5 Å². The van der Waals surface area contributed by atoms with Crippen LogP contribution in [0.4, 0.5) is 0 Å². The van der Waals surface area contributed by atoms with Crippen molar-refractivity contribution in [3.8, 4) is 0 Å². The van der Waals surface area contributed by atoms with E-state index < -0.39 is 15.6 Å². The van der Waals surface area contributed by atoms with Gasteiger partial charge in [0.25, 0.3) is 0 Å². The van der Waals surface area contributed by atoms with Gasteiger partial charge in [-0.25, -0.2) is 0 Å². The fourth-order valence-corrected chi connectivity index (χ4v) is 0. The maximum Gasteiger partial charge on any atom is 2.00 e. The van der Waals surface area contributed by atoms with E-state index in [-0.39, 0.29) is 63.8 Å². The first kappa shape index (κ1) is 29.5. The van der Waals surface area contributed by atoms with Crippen LogP contribution in [0, 0.1) is 0 Å². The zero-order valence-corrected chi connectivity index (χ0v) is 15.6. The van der Waals surface area contributed by atoms with Gasteiger partial charge in [-0.05, 0) is 0 Å². The first-order valence-electron chi connectivity index (χ1n) is 1.46. The Morgan fingerprint density at radius 1 is 0.692 bits per heavy atom. The van der Waals surface area contributed by atoms with Crippen LogP contribution in [0.15, 0.2) is 0 Å². The van der Waals surface area contributed by atoms with Gasteiger partial charge in [-0.3, -0.25) is 0 Å². The van der Waals surface area contributed by atoms with Crippen molar-refractivity contribution in [3.63, 3.8) is 0 Å². The Balaban J connectivity index is -0.0000000267. The molecule has 0 aliphatic carbocycles. The van der Waals surface area contributed by atoms with Crippen molar-refractivity contribution in [2.75, 3.05) is 0 Å². The molecule has 0 aromatic heterocycles. The average molecular weight is 431 g/mol. The zero-order valence-electron chi connectivity index (χ0n) is 5.88. The van der Waals surface area contributed by atoms with Crippen LogP contribution in [0.2, 0.25) is 0 Å². The summed E-state index contributed by atoms with van der Waals surface area (Å²) in [6.07, 6.45) is 0. The van der Waals surface area contributed by atoms with E-state index in [0.717, 1.165) is 0 Å². The van der Waals surface area contributed by atoms with Gasteiger partial charge in [0, 0.05) is 0 Å².